The van der Waals surface area contributed by atoms with Crippen LogP contribution < -0.4 is 11.5 Å². The van der Waals surface area contributed by atoms with Crippen LogP contribution in [0.25, 0.3) is 0 Å². The van der Waals surface area contributed by atoms with Gasteiger partial charge in [0.1, 0.15) is 0 Å². The van der Waals surface area contributed by atoms with Crippen LogP contribution >= 0.6 is 0 Å². The van der Waals surface area contributed by atoms with E-state index < -0.39 is 85.4 Å². The lowest BCUT2D eigenvalue weighted by molar-refractivity contribution is 0.220. The van der Waals surface area contributed by atoms with Gasteiger partial charge >= 0.3 is 77.0 Å². The van der Waals surface area contributed by atoms with Crippen molar-refractivity contribution in [3.05, 3.63) is 0 Å². The Hall–Kier alpha value is 1.69. The molecule has 0 unspecified atom stereocenters. The maximum atomic E-state index is 6.78. The maximum absolute atomic E-state index is 6.78. The van der Waals surface area contributed by atoms with E-state index in [1.165, 1.54) is 0 Å². The smallest absolute Gasteiger partial charge is 0.322 e. The van der Waals surface area contributed by atoms with Crippen molar-refractivity contribution in [2.24, 2.45) is 11.5 Å². The molecule has 0 radical (unpaired) electrons. The van der Waals surface area contributed by atoms with Crippen LogP contribution in [0.2, 0.25) is 137 Å². The van der Waals surface area contributed by atoms with Crippen molar-refractivity contribution in [1.29, 1.82) is 0 Å². The standard InChI is InChI=1S/C26H76N2O10Si10/c1-39(2,26-22-24-28)30-41(5,6)32-43(9,10)34-45(13,14)36-47(17,18)38-48(19,20)37-46(15,16)35-44(11,12)33-42(7,8)31-40(3,4)29-25-21-23-27/h21-28H2,1-20H3. The molecule has 0 aromatic heterocycles. The summed E-state index contributed by atoms with van der Waals surface area (Å²) in [6.07, 6.45) is 1.78. The summed E-state index contributed by atoms with van der Waals surface area (Å²) in [5.74, 6) is 0. The molecule has 0 amide bonds. The summed E-state index contributed by atoms with van der Waals surface area (Å²) < 4.78 is 66.4. The van der Waals surface area contributed by atoms with Gasteiger partial charge in [0.15, 0.2) is 8.32 Å². The minimum Gasteiger partial charge on any atom is -0.436 e. The fourth-order valence-electron chi connectivity index (χ4n) is 6.58. The Morgan fingerprint density at radius 2 is 0.542 bits per heavy atom. The normalized spacial score (nSPS) is 15.4. The third-order valence-electron chi connectivity index (χ3n) is 6.24. The Kier molecular flexibility index (Phi) is 19.0. The summed E-state index contributed by atoms with van der Waals surface area (Å²) in [5, 5.41) is 0. The predicted octanol–water partition coefficient (Wildman–Crippen LogP) is 7.37. The molecule has 0 aliphatic rings. The quantitative estimate of drug-likeness (QED) is 0.0699. The van der Waals surface area contributed by atoms with Crippen LogP contribution in [-0.2, 0) is 41.5 Å². The van der Waals surface area contributed by atoms with Crippen LogP contribution in [0, 0.1) is 0 Å². The molecule has 0 saturated carbocycles. The van der Waals surface area contributed by atoms with Crippen LogP contribution in [0.4, 0.5) is 0 Å². The minimum absolute atomic E-state index is 0.595. The highest BCUT2D eigenvalue weighted by Crippen LogP contribution is 2.31. The van der Waals surface area contributed by atoms with E-state index in [1.54, 1.807) is 0 Å². The fourth-order valence-corrected chi connectivity index (χ4v) is 56.5. The molecule has 22 heteroatoms. The van der Waals surface area contributed by atoms with E-state index in [1.807, 2.05) is 0 Å². The molecule has 0 aromatic rings. The Morgan fingerprint density at radius 3 is 0.792 bits per heavy atom. The summed E-state index contributed by atoms with van der Waals surface area (Å²) in [6.45, 7) is 43.6. The van der Waals surface area contributed by atoms with Gasteiger partial charge in [-0.05, 0) is 163 Å². The van der Waals surface area contributed by atoms with E-state index in [9.17, 15) is 0 Å². The number of hydrogen-bond acceptors (Lipinski definition) is 12. The van der Waals surface area contributed by atoms with Crippen LogP contribution in [0.5, 0.6) is 0 Å². The zero-order valence-electron chi connectivity index (χ0n) is 34.5. The summed E-state index contributed by atoms with van der Waals surface area (Å²) in [7, 11) is -25.2. The molecule has 290 valence electrons. The van der Waals surface area contributed by atoms with Gasteiger partial charge in [-0.1, -0.05) is 0 Å². The first-order chi connectivity index (χ1) is 21.0. The van der Waals surface area contributed by atoms with Crippen molar-refractivity contribution in [1.82, 2.24) is 0 Å². The zero-order valence-corrected chi connectivity index (χ0v) is 44.5. The van der Waals surface area contributed by atoms with Crippen molar-refractivity contribution < 1.29 is 41.5 Å². The average molecular weight is 858 g/mol. The molecule has 0 aliphatic heterocycles. The maximum Gasteiger partial charge on any atom is 0.322 e. The van der Waals surface area contributed by atoms with E-state index in [0.29, 0.717) is 19.7 Å². The molecular weight excluding hydrogens is 781 g/mol. The Balaban J connectivity index is 5.45. The SMILES string of the molecule is C[Si](C)(CCCN)O[Si](C)(C)O[Si](C)(C)O[Si](C)(C)O[Si](C)(C)O[Si](C)(C)O[Si](C)(C)O[Si](C)(C)O[Si](C)(C)O[Si](C)(C)OCCCN. The first-order valence-electron chi connectivity index (χ1n) is 17.3. The summed E-state index contributed by atoms with van der Waals surface area (Å²) in [4.78, 5) is 0. The molecule has 0 atom stereocenters. The van der Waals surface area contributed by atoms with E-state index in [-0.39, 0.29) is 0 Å². The topological polar surface area (TPSA) is 144 Å². The van der Waals surface area contributed by atoms with Gasteiger partial charge in [0.05, 0.1) is 0 Å². The number of rotatable bonds is 25. The second-order valence-corrected chi connectivity index (χ2v) is 54.0. The number of nitrogens with two attached hydrogens (primary N) is 2. The number of hydrogen-bond donors (Lipinski definition) is 2. The third-order valence-corrected chi connectivity index (χ3v) is 44.3. The molecule has 48 heavy (non-hydrogen) atoms. The van der Waals surface area contributed by atoms with Gasteiger partial charge < -0.3 is 52.9 Å². The van der Waals surface area contributed by atoms with E-state index in [2.05, 4.69) is 131 Å². The van der Waals surface area contributed by atoms with Gasteiger partial charge in [-0.3, -0.25) is 0 Å². The van der Waals surface area contributed by atoms with E-state index >= 15 is 0 Å². The first-order valence-corrected chi connectivity index (χ1v) is 45.8. The molecule has 12 nitrogen and oxygen atoms in total. The van der Waals surface area contributed by atoms with Crippen molar-refractivity contribution in [3.8, 4) is 0 Å². The molecule has 0 aliphatic carbocycles. The van der Waals surface area contributed by atoms with Gasteiger partial charge in [0.2, 0.25) is 0 Å². The molecule has 0 fully saturated rings. The monoisotopic (exact) mass is 856 g/mol. The Labute approximate surface area is 306 Å². The molecule has 4 N–H and O–H groups in total. The lowest BCUT2D eigenvalue weighted by Gasteiger charge is -2.44. The molecule has 0 heterocycles. The minimum atomic E-state index is -2.70. The lowest BCUT2D eigenvalue weighted by atomic mass is 10.5. The second kappa shape index (κ2) is 18.3. The Bertz CT molecular complexity index is 987. The molecule has 0 aromatic carbocycles. The van der Waals surface area contributed by atoms with Crippen LogP contribution in [0.15, 0.2) is 0 Å². The van der Waals surface area contributed by atoms with Gasteiger partial charge in [-0.2, -0.15) is 0 Å². The molecule has 0 spiro atoms. The van der Waals surface area contributed by atoms with Crippen molar-refractivity contribution in [2.75, 3.05) is 19.7 Å². The van der Waals surface area contributed by atoms with Gasteiger partial charge in [-0.25, -0.2) is 0 Å². The van der Waals surface area contributed by atoms with E-state index in [0.717, 1.165) is 18.9 Å². The fraction of sp³-hybridized carbons (Fsp3) is 1.00. The lowest BCUT2D eigenvalue weighted by Crippen LogP contribution is -2.62. The molecule has 0 saturated heterocycles. The van der Waals surface area contributed by atoms with Crippen molar-refractivity contribution >= 4 is 85.4 Å². The van der Waals surface area contributed by atoms with Gasteiger partial charge in [-0.15, -0.1) is 0 Å². The largest absolute Gasteiger partial charge is 0.436 e. The second-order valence-electron chi connectivity index (χ2n) is 17.2. The highest BCUT2D eigenvalue weighted by atomic mass is 28.5. The zero-order chi connectivity index (χ0) is 38.3. The van der Waals surface area contributed by atoms with Crippen molar-refractivity contribution in [2.45, 2.75) is 150 Å². The molecule has 0 rings (SSSR count). The highest BCUT2D eigenvalue weighted by Gasteiger charge is 2.50. The van der Waals surface area contributed by atoms with Crippen molar-refractivity contribution in [3.63, 3.8) is 0 Å². The first kappa shape index (κ1) is 49.7. The molecule has 0 bridgehead atoms. The molecular formula is C26H76N2O10Si10. The van der Waals surface area contributed by atoms with Gasteiger partial charge in [0, 0.05) is 6.61 Å². The van der Waals surface area contributed by atoms with Crippen LogP contribution in [-0.4, -0.2) is 105 Å². The predicted molar refractivity (Wildman–Crippen MR) is 223 cm³/mol. The highest BCUT2D eigenvalue weighted by molar-refractivity contribution is 6.93. The third kappa shape index (κ3) is 23.4. The average Bonchev–Trinajstić information content (AvgIpc) is 2.69. The summed E-state index contributed by atoms with van der Waals surface area (Å²) in [5.41, 5.74) is 11.4. The van der Waals surface area contributed by atoms with E-state index in [4.69, 9.17) is 52.9 Å². The summed E-state index contributed by atoms with van der Waals surface area (Å²) in [6, 6.07) is 1.02. The Morgan fingerprint density at radius 1 is 0.312 bits per heavy atom. The summed E-state index contributed by atoms with van der Waals surface area (Å²) >= 11 is 0. The van der Waals surface area contributed by atoms with Crippen LogP contribution in [0.3, 0.4) is 0 Å². The van der Waals surface area contributed by atoms with Gasteiger partial charge in [0.25, 0.3) is 0 Å². The van der Waals surface area contributed by atoms with Crippen LogP contribution in [0.1, 0.15) is 12.8 Å².